The number of hydrogen-bond acceptors (Lipinski definition) is 3. The van der Waals surface area contributed by atoms with Crippen molar-refractivity contribution in [1.82, 2.24) is 10.2 Å². The second kappa shape index (κ2) is 4.16. The van der Waals surface area contributed by atoms with Crippen LogP contribution in [0.25, 0.3) is 11.5 Å². The highest BCUT2D eigenvalue weighted by Gasteiger charge is 2.14. The van der Waals surface area contributed by atoms with E-state index in [0.717, 1.165) is 0 Å². The quantitative estimate of drug-likeness (QED) is 0.764. The minimum Gasteiger partial charge on any atom is -0.419 e. The van der Waals surface area contributed by atoms with Crippen molar-refractivity contribution >= 4 is 23.2 Å². The van der Waals surface area contributed by atoms with Gasteiger partial charge in [0, 0.05) is 0 Å². The van der Waals surface area contributed by atoms with E-state index in [1.165, 1.54) is 12.1 Å². The van der Waals surface area contributed by atoms with E-state index in [2.05, 4.69) is 10.2 Å². The van der Waals surface area contributed by atoms with Crippen LogP contribution in [0.4, 0.5) is 4.39 Å². The van der Waals surface area contributed by atoms with Crippen LogP contribution in [0, 0.1) is 5.82 Å². The van der Waals surface area contributed by atoms with Crippen LogP contribution in [0.5, 0.6) is 0 Å². The molecule has 1 heterocycles. The molecule has 1 aromatic carbocycles. The lowest BCUT2D eigenvalue weighted by molar-refractivity contribution is 0.521. The summed E-state index contributed by atoms with van der Waals surface area (Å²) in [7, 11) is 0. The molecule has 0 saturated carbocycles. The summed E-state index contributed by atoms with van der Waals surface area (Å²) in [6, 6.07) is 4.55. The summed E-state index contributed by atoms with van der Waals surface area (Å²) in [5, 5.41) is 7.30. The largest absolute Gasteiger partial charge is 0.419 e. The van der Waals surface area contributed by atoms with Crippen molar-refractivity contribution in [2.75, 3.05) is 0 Å². The predicted octanol–water partition coefficient (Wildman–Crippen LogP) is 3.27. The van der Waals surface area contributed by atoms with Gasteiger partial charge < -0.3 is 4.42 Å². The molecule has 0 aliphatic rings. The van der Waals surface area contributed by atoms with Crippen LogP contribution < -0.4 is 0 Å². The third kappa shape index (κ3) is 1.96. The molecule has 0 aliphatic carbocycles. The SMILES string of the molecule is Fc1c(Cl)cccc1-c1nnc(CCl)o1. The van der Waals surface area contributed by atoms with Crippen LogP contribution in [0.3, 0.4) is 0 Å². The van der Waals surface area contributed by atoms with Crippen LogP contribution in [0.15, 0.2) is 22.6 Å². The van der Waals surface area contributed by atoms with Crippen LogP contribution in [-0.2, 0) is 5.88 Å². The molecule has 2 aromatic rings. The van der Waals surface area contributed by atoms with Gasteiger partial charge in [-0.25, -0.2) is 4.39 Å². The summed E-state index contributed by atoms with van der Waals surface area (Å²) in [6.07, 6.45) is 0. The van der Waals surface area contributed by atoms with E-state index in [-0.39, 0.29) is 28.2 Å². The van der Waals surface area contributed by atoms with Gasteiger partial charge in [0.1, 0.15) is 5.88 Å². The number of benzene rings is 1. The smallest absolute Gasteiger partial charge is 0.250 e. The molecule has 2 rings (SSSR count). The second-order valence-electron chi connectivity index (χ2n) is 2.74. The fraction of sp³-hybridized carbons (Fsp3) is 0.111. The Balaban J connectivity index is 2.49. The summed E-state index contributed by atoms with van der Waals surface area (Å²) in [6.45, 7) is 0. The Morgan fingerprint density at radius 3 is 2.80 bits per heavy atom. The topological polar surface area (TPSA) is 38.9 Å². The number of hydrogen-bond donors (Lipinski definition) is 0. The van der Waals surface area contributed by atoms with Gasteiger partial charge in [0.15, 0.2) is 5.82 Å². The summed E-state index contributed by atoms with van der Waals surface area (Å²) in [4.78, 5) is 0. The van der Waals surface area contributed by atoms with Crippen molar-refractivity contribution in [1.29, 1.82) is 0 Å². The lowest BCUT2D eigenvalue weighted by atomic mass is 10.2. The van der Waals surface area contributed by atoms with Crippen LogP contribution in [0.2, 0.25) is 5.02 Å². The molecular weight excluding hydrogens is 242 g/mol. The van der Waals surface area contributed by atoms with Crippen LogP contribution in [-0.4, -0.2) is 10.2 Å². The molecule has 0 fully saturated rings. The van der Waals surface area contributed by atoms with Gasteiger partial charge in [-0.1, -0.05) is 17.7 Å². The first-order valence-corrected chi connectivity index (χ1v) is 4.96. The van der Waals surface area contributed by atoms with Crippen molar-refractivity contribution in [2.45, 2.75) is 5.88 Å². The summed E-state index contributed by atoms with van der Waals surface area (Å²) in [5.41, 5.74) is 0.173. The van der Waals surface area contributed by atoms with Gasteiger partial charge in [-0.3, -0.25) is 0 Å². The molecule has 3 nitrogen and oxygen atoms in total. The molecule has 6 heteroatoms. The van der Waals surface area contributed by atoms with Gasteiger partial charge in [0.2, 0.25) is 5.89 Å². The van der Waals surface area contributed by atoms with Gasteiger partial charge in [0.25, 0.3) is 5.89 Å². The second-order valence-corrected chi connectivity index (χ2v) is 3.41. The third-order valence-corrected chi connectivity index (χ3v) is 2.28. The Morgan fingerprint density at radius 2 is 2.13 bits per heavy atom. The van der Waals surface area contributed by atoms with E-state index in [1.54, 1.807) is 6.07 Å². The fourth-order valence-corrected chi connectivity index (χ4v) is 1.37. The van der Waals surface area contributed by atoms with Gasteiger partial charge in [-0.15, -0.1) is 21.8 Å². The standard InChI is InChI=1S/C9H5Cl2FN2O/c10-4-7-13-14-9(15-7)5-2-1-3-6(11)8(5)12/h1-3H,4H2. The molecule has 0 radical (unpaired) electrons. The van der Waals surface area contributed by atoms with Gasteiger partial charge in [0.05, 0.1) is 10.6 Å². The average Bonchev–Trinajstić information content (AvgIpc) is 2.70. The maximum absolute atomic E-state index is 13.5. The summed E-state index contributed by atoms with van der Waals surface area (Å²) in [5.74, 6) is -0.171. The Morgan fingerprint density at radius 1 is 1.33 bits per heavy atom. The minimum atomic E-state index is -0.580. The summed E-state index contributed by atoms with van der Waals surface area (Å²) >= 11 is 11.1. The number of alkyl halides is 1. The van der Waals surface area contributed by atoms with Crippen LogP contribution in [0.1, 0.15) is 5.89 Å². The van der Waals surface area contributed by atoms with Gasteiger partial charge >= 0.3 is 0 Å². The van der Waals surface area contributed by atoms with Crippen LogP contribution >= 0.6 is 23.2 Å². The van der Waals surface area contributed by atoms with Gasteiger partial charge in [-0.05, 0) is 12.1 Å². The third-order valence-electron chi connectivity index (χ3n) is 1.76. The number of nitrogens with zero attached hydrogens (tertiary/aromatic N) is 2. The zero-order chi connectivity index (χ0) is 10.8. The van der Waals surface area contributed by atoms with Crippen molar-refractivity contribution in [3.8, 4) is 11.5 Å². The highest BCUT2D eigenvalue weighted by molar-refractivity contribution is 6.31. The monoisotopic (exact) mass is 246 g/mol. The fourth-order valence-electron chi connectivity index (χ4n) is 1.09. The zero-order valence-corrected chi connectivity index (χ0v) is 8.89. The number of aromatic nitrogens is 2. The summed E-state index contributed by atoms with van der Waals surface area (Å²) < 4.78 is 18.6. The Bertz CT molecular complexity index is 487. The van der Waals surface area contributed by atoms with Crippen molar-refractivity contribution in [3.63, 3.8) is 0 Å². The van der Waals surface area contributed by atoms with E-state index in [0.29, 0.717) is 0 Å². The maximum Gasteiger partial charge on any atom is 0.250 e. The van der Waals surface area contributed by atoms with E-state index in [9.17, 15) is 4.39 Å². The van der Waals surface area contributed by atoms with Crippen molar-refractivity contribution in [2.24, 2.45) is 0 Å². The molecule has 0 spiro atoms. The molecule has 0 bridgehead atoms. The zero-order valence-electron chi connectivity index (χ0n) is 7.38. The van der Waals surface area contributed by atoms with Crippen molar-refractivity contribution < 1.29 is 8.81 Å². The molecule has 0 atom stereocenters. The van der Waals surface area contributed by atoms with E-state index < -0.39 is 5.82 Å². The van der Waals surface area contributed by atoms with E-state index in [4.69, 9.17) is 27.6 Å². The van der Waals surface area contributed by atoms with Gasteiger partial charge in [-0.2, -0.15) is 0 Å². The first-order chi connectivity index (χ1) is 7.22. The predicted molar refractivity (Wildman–Crippen MR) is 54.3 cm³/mol. The highest BCUT2D eigenvalue weighted by atomic mass is 35.5. The molecule has 15 heavy (non-hydrogen) atoms. The molecule has 0 unspecified atom stereocenters. The molecule has 0 aliphatic heterocycles. The molecular formula is C9H5Cl2FN2O. The van der Waals surface area contributed by atoms with Crippen molar-refractivity contribution in [3.05, 3.63) is 34.9 Å². The lowest BCUT2D eigenvalue weighted by Crippen LogP contribution is -1.85. The molecule has 78 valence electrons. The Labute approximate surface area is 94.8 Å². The maximum atomic E-state index is 13.5. The first-order valence-electron chi connectivity index (χ1n) is 4.05. The molecule has 1 aromatic heterocycles. The Kier molecular flexibility index (Phi) is 2.88. The lowest BCUT2D eigenvalue weighted by Gasteiger charge is -1.98. The highest BCUT2D eigenvalue weighted by Crippen LogP contribution is 2.26. The number of rotatable bonds is 2. The average molecular weight is 247 g/mol. The molecule has 0 N–H and O–H groups in total. The van der Waals surface area contributed by atoms with E-state index in [1.807, 2.05) is 0 Å². The van der Waals surface area contributed by atoms with E-state index >= 15 is 0 Å². The first kappa shape index (κ1) is 10.4. The normalized spacial score (nSPS) is 10.6. The molecule has 0 saturated heterocycles. The minimum absolute atomic E-state index is 0.0122. The molecule has 0 amide bonds. The Hall–Kier alpha value is -1.13. The number of halogens is 3.